The fourth-order valence-electron chi connectivity index (χ4n) is 1.92. The third-order valence-corrected chi connectivity index (χ3v) is 3.17. The van der Waals surface area contributed by atoms with Crippen molar-refractivity contribution >= 4 is 0 Å². The summed E-state index contributed by atoms with van der Waals surface area (Å²) in [5.41, 5.74) is 8.49. The Kier molecular flexibility index (Phi) is 3.67. The molecule has 1 heterocycles. The van der Waals surface area contributed by atoms with Crippen molar-refractivity contribution in [3.05, 3.63) is 47.8 Å². The molecule has 2 atom stereocenters. The van der Waals surface area contributed by atoms with Gasteiger partial charge in [-0.2, -0.15) is 5.10 Å². The molecular weight excluding hydrogens is 226 g/mol. The Morgan fingerprint density at radius 2 is 1.94 bits per heavy atom. The van der Waals surface area contributed by atoms with Crippen molar-refractivity contribution in [1.82, 2.24) is 9.78 Å². The minimum Gasteiger partial charge on any atom is -0.497 e. The monoisotopic (exact) mass is 245 g/mol. The van der Waals surface area contributed by atoms with Crippen LogP contribution in [-0.2, 0) is 0 Å². The van der Waals surface area contributed by atoms with Gasteiger partial charge in [-0.15, -0.1) is 0 Å². The molecule has 0 aliphatic heterocycles. The van der Waals surface area contributed by atoms with Gasteiger partial charge in [0, 0.05) is 6.20 Å². The van der Waals surface area contributed by atoms with Crippen LogP contribution in [0.5, 0.6) is 5.75 Å². The molecule has 0 amide bonds. The van der Waals surface area contributed by atoms with Crippen LogP contribution in [0, 0.1) is 6.92 Å². The van der Waals surface area contributed by atoms with Crippen LogP contribution in [0.3, 0.4) is 0 Å². The molecule has 0 aliphatic carbocycles. The SMILES string of the molecule is COc1ccc(C(N)C(C)n2cc(C)cn2)cc1. The van der Waals surface area contributed by atoms with E-state index in [4.69, 9.17) is 10.5 Å². The van der Waals surface area contributed by atoms with Crippen molar-refractivity contribution in [2.75, 3.05) is 7.11 Å². The van der Waals surface area contributed by atoms with Gasteiger partial charge in [-0.05, 0) is 37.1 Å². The van der Waals surface area contributed by atoms with Crippen molar-refractivity contribution in [2.45, 2.75) is 25.9 Å². The maximum absolute atomic E-state index is 6.27. The van der Waals surface area contributed by atoms with Crippen LogP contribution < -0.4 is 10.5 Å². The maximum Gasteiger partial charge on any atom is 0.118 e. The Morgan fingerprint density at radius 1 is 1.28 bits per heavy atom. The van der Waals surface area contributed by atoms with Crippen molar-refractivity contribution < 1.29 is 4.74 Å². The summed E-state index contributed by atoms with van der Waals surface area (Å²) < 4.78 is 7.05. The molecule has 0 fully saturated rings. The molecule has 0 spiro atoms. The number of aromatic nitrogens is 2. The highest BCUT2D eigenvalue weighted by Gasteiger charge is 2.17. The molecule has 0 saturated heterocycles. The second-order valence-corrected chi connectivity index (χ2v) is 4.54. The molecule has 0 bridgehead atoms. The van der Waals surface area contributed by atoms with Gasteiger partial charge in [0.05, 0.1) is 25.4 Å². The molecule has 1 aromatic carbocycles. The summed E-state index contributed by atoms with van der Waals surface area (Å²) in [6.45, 7) is 4.09. The summed E-state index contributed by atoms with van der Waals surface area (Å²) >= 11 is 0. The Labute approximate surface area is 107 Å². The fraction of sp³-hybridized carbons (Fsp3) is 0.357. The van der Waals surface area contributed by atoms with Gasteiger partial charge in [0.1, 0.15) is 5.75 Å². The standard InChI is InChI=1S/C14H19N3O/c1-10-8-16-17(9-10)11(2)14(15)12-4-6-13(18-3)7-5-12/h4-9,11,14H,15H2,1-3H3. The van der Waals surface area contributed by atoms with E-state index >= 15 is 0 Å². The van der Waals surface area contributed by atoms with E-state index in [1.165, 1.54) is 0 Å². The number of rotatable bonds is 4. The van der Waals surface area contributed by atoms with E-state index in [1.807, 2.05) is 48.3 Å². The van der Waals surface area contributed by atoms with Crippen LogP contribution in [0.4, 0.5) is 0 Å². The highest BCUT2D eigenvalue weighted by Crippen LogP contribution is 2.24. The number of nitrogens with zero attached hydrogens (tertiary/aromatic N) is 2. The molecule has 2 unspecified atom stereocenters. The number of aryl methyl sites for hydroxylation is 1. The molecule has 96 valence electrons. The van der Waals surface area contributed by atoms with Crippen LogP contribution >= 0.6 is 0 Å². The molecule has 0 radical (unpaired) electrons. The second kappa shape index (κ2) is 5.23. The normalized spacial score (nSPS) is 14.2. The van der Waals surface area contributed by atoms with Gasteiger partial charge in [-0.25, -0.2) is 0 Å². The molecule has 0 aliphatic rings. The minimum absolute atomic E-state index is 0.0878. The van der Waals surface area contributed by atoms with Gasteiger partial charge in [0.2, 0.25) is 0 Å². The van der Waals surface area contributed by atoms with E-state index in [-0.39, 0.29) is 12.1 Å². The average Bonchev–Trinajstić information content (AvgIpc) is 2.84. The molecular formula is C14H19N3O. The number of hydrogen-bond donors (Lipinski definition) is 1. The molecule has 4 nitrogen and oxygen atoms in total. The second-order valence-electron chi connectivity index (χ2n) is 4.54. The zero-order valence-corrected chi connectivity index (χ0v) is 11.0. The first kappa shape index (κ1) is 12.6. The number of benzene rings is 1. The quantitative estimate of drug-likeness (QED) is 0.900. The lowest BCUT2D eigenvalue weighted by Crippen LogP contribution is -2.22. The topological polar surface area (TPSA) is 53.1 Å². The molecule has 1 aromatic heterocycles. The molecule has 2 N–H and O–H groups in total. The summed E-state index contributed by atoms with van der Waals surface area (Å²) in [5.74, 6) is 0.841. The van der Waals surface area contributed by atoms with Crippen LogP contribution in [0.1, 0.15) is 30.1 Å². The molecule has 4 heteroatoms. The van der Waals surface area contributed by atoms with Crippen LogP contribution in [0.15, 0.2) is 36.7 Å². The first-order chi connectivity index (χ1) is 8.61. The molecule has 2 aromatic rings. The van der Waals surface area contributed by atoms with Gasteiger partial charge in [0.25, 0.3) is 0 Å². The highest BCUT2D eigenvalue weighted by molar-refractivity contribution is 5.29. The maximum atomic E-state index is 6.27. The van der Waals surface area contributed by atoms with E-state index < -0.39 is 0 Å². The smallest absolute Gasteiger partial charge is 0.118 e. The van der Waals surface area contributed by atoms with E-state index in [2.05, 4.69) is 12.0 Å². The van der Waals surface area contributed by atoms with Crippen molar-refractivity contribution in [3.8, 4) is 5.75 Å². The van der Waals surface area contributed by atoms with E-state index in [0.717, 1.165) is 16.9 Å². The zero-order chi connectivity index (χ0) is 13.1. The van der Waals surface area contributed by atoms with E-state index in [9.17, 15) is 0 Å². The molecule has 0 saturated carbocycles. The first-order valence-corrected chi connectivity index (χ1v) is 6.02. The van der Waals surface area contributed by atoms with Crippen molar-refractivity contribution in [1.29, 1.82) is 0 Å². The van der Waals surface area contributed by atoms with Gasteiger partial charge < -0.3 is 10.5 Å². The van der Waals surface area contributed by atoms with E-state index in [1.54, 1.807) is 7.11 Å². The van der Waals surface area contributed by atoms with Crippen molar-refractivity contribution in [2.24, 2.45) is 5.73 Å². The average molecular weight is 245 g/mol. The van der Waals surface area contributed by atoms with Gasteiger partial charge in [0.15, 0.2) is 0 Å². The predicted octanol–water partition coefficient (Wildman–Crippen LogP) is 2.46. The summed E-state index contributed by atoms with van der Waals surface area (Å²) in [6.07, 6.45) is 3.85. The van der Waals surface area contributed by atoms with Gasteiger partial charge in [-0.1, -0.05) is 12.1 Å². The lowest BCUT2D eigenvalue weighted by molar-refractivity contribution is 0.408. The zero-order valence-electron chi connectivity index (χ0n) is 11.0. The third kappa shape index (κ3) is 2.54. The summed E-state index contributed by atoms with van der Waals surface area (Å²) in [5, 5.41) is 4.31. The largest absolute Gasteiger partial charge is 0.497 e. The van der Waals surface area contributed by atoms with E-state index in [0.29, 0.717) is 0 Å². The summed E-state index contributed by atoms with van der Waals surface area (Å²) in [7, 11) is 1.66. The summed E-state index contributed by atoms with van der Waals surface area (Å²) in [4.78, 5) is 0. The summed E-state index contributed by atoms with van der Waals surface area (Å²) in [6, 6.07) is 7.88. The predicted molar refractivity (Wildman–Crippen MR) is 71.6 cm³/mol. The fourth-order valence-corrected chi connectivity index (χ4v) is 1.92. The van der Waals surface area contributed by atoms with Crippen LogP contribution in [0.25, 0.3) is 0 Å². The Hall–Kier alpha value is -1.81. The minimum atomic E-state index is -0.0878. The van der Waals surface area contributed by atoms with Crippen molar-refractivity contribution in [3.63, 3.8) is 0 Å². The lowest BCUT2D eigenvalue weighted by Gasteiger charge is -2.21. The Morgan fingerprint density at radius 3 is 2.44 bits per heavy atom. The number of hydrogen-bond acceptors (Lipinski definition) is 3. The van der Waals surface area contributed by atoms with Crippen LogP contribution in [-0.4, -0.2) is 16.9 Å². The Balaban J connectivity index is 2.16. The molecule has 2 rings (SSSR count). The van der Waals surface area contributed by atoms with Gasteiger partial charge in [-0.3, -0.25) is 4.68 Å². The first-order valence-electron chi connectivity index (χ1n) is 6.02. The lowest BCUT2D eigenvalue weighted by atomic mass is 10.0. The number of nitrogens with two attached hydrogens (primary N) is 1. The highest BCUT2D eigenvalue weighted by atomic mass is 16.5. The third-order valence-electron chi connectivity index (χ3n) is 3.17. The number of methoxy groups -OCH3 is 1. The number of ether oxygens (including phenoxy) is 1. The van der Waals surface area contributed by atoms with Crippen LogP contribution in [0.2, 0.25) is 0 Å². The molecule has 18 heavy (non-hydrogen) atoms. The van der Waals surface area contributed by atoms with Gasteiger partial charge >= 0.3 is 0 Å². The Bertz CT molecular complexity index is 504.